The van der Waals surface area contributed by atoms with E-state index in [0.29, 0.717) is 12.8 Å². The molecule has 0 unspecified atom stereocenters. The van der Waals surface area contributed by atoms with E-state index in [1.807, 2.05) is 11.4 Å². The molecule has 0 aliphatic heterocycles. The van der Waals surface area contributed by atoms with Crippen molar-refractivity contribution in [2.75, 3.05) is 7.11 Å². The summed E-state index contributed by atoms with van der Waals surface area (Å²) in [5.41, 5.74) is 3.26. The highest BCUT2D eigenvalue weighted by atomic mass is 79.9. The molecular weight excluding hydrogens is 326 g/mol. The summed E-state index contributed by atoms with van der Waals surface area (Å²) in [5.74, 6) is -0.200. The summed E-state index contributed by atoms with van der Waals surface area (Å²) in [6.07, 6.45) is 0.998. The average Bonchev–Trinajstić information content (AvgIpc) is 2.84. The van der Waals surface area contributed by atoms with Crippen LogP contribution in [0.5, 0.6) is 0 Å². The van der Waals surface area contributed by atoms with Gasteiger partial charge >= 0.3 is 5.97 Å². The van der Waals surface area contributed by atoms with E-state index < -0.39 is 0 Å². The summed E-state index contributed by atoms with van der Waals surface area (Å²) in [6, 6.07) is 6.14. The molecule has 3 nitrogen and oxygen atoms in total. The van der Waals surface area contributed by atoms with Gasteiger partial charge in [-0.25, -0.2) is 4.98 Å². The van der Waals surface area contributed by atoms with Gasteiger partial charge in [-0.05, 0) is 24.6 Å². The summed E-state index contributed by atoms with van der Waals surface area (Å²) in [6.45, 7) is 2.07. The first kappa shape index (κ1) is 14.2. The number of benzene rings is 1. The van der Waals surface area contributed by atoms with Crippen molar-refractivity contribution in [1.29, 1.82) is 0 Å². The van der Waals surface area contributed by atoms with Crippen LogP contribution in [0.1, 0.15) is 17.7 Å². The van der Waals surface area contributed by atoms with Gasteiger partial charge in [0.15, 0.2) is 0 Å². The number of aromatic nitrogens is 1. The molecule has 19 heavy (non-hydrogen) atoms. The molecule has 1 heterocycles. The Morgan fingerprint density at radius 2 is 2.26 bits per heavy atom. The van der Waals surface area contributed by atoms with E-state index in [2.05, 4.69) is 44.7 Å². The topological polar surface area (TPSA) is 39.2 Å². The first-order chi connectivity index (χ1) is 9.10. The molecule has 0 atom stereocenters. The number of carbonyl (C=O) groups is 1. The van der Waals surface area contributed by atoms with E-state index in [4.69, 9.17) is 0 Å². The van der Waals surface area contributed by atoms with Crippen LogP contribution in [0.25, 0.3) is 10.6 Å². The van der Waals surface area contributed by atoms with Crippen molar-refractivity contribution >= 4 is 33.2 Å². The highest BCUT2D eigenvalue weighted by molar-refractivity contribution is 9.10. The maximum absolute atomic E-state index is 11.1. The molecule has 5 heteroatoms. The predicted molar refractivity (Wildman–Crippen MR) is 80.3 cm³/mol. The summed E-state index contributed by atoms with van der Waals surface area (Å²) < 4.78 is 5.69. The van der Waals surface area contributed by atoms with Crippen molar-refractivity contribution in [2.45, 2.75) is 19.8 Å². The van der Waals surface area contributed by atoms with E-state index in [1.165, 1.54) is 12.7 Å². The fraction of sp³-hybridized carbons (Fsp3) is 0.286. The highest BCUT2D eigenvalue weighted by Gasteiger charge is 2.09. The highest BCUT2D eigenvalue weighted by Crippen LogP contribution is 2.29. The molecule has 0 saturated carbocycles. The Balaban J connectivity index is 2.14. The molecule has 0 aliphatic carbocycles. The second-order valence-corrected chi connectivity index (χ2v) is 5.95. The average molecular weight is 340 g/mol. The van der Waals surface area contributed by atoms with Gasteiger partial charge in [-0.15, -0.1) is 11.3 Å². The fourth-order valence-electron chi connectivity index (χ4n) is 1.74. The van der Waals surface area contributed by atoms with Crippen LogP contribution in [0.15, 0.2) is 28.1 Å². The minimum Gasteiger partial charge on any atom is -0.469 e. The number of rotatable bonds is 4. The third kappa shape index (κ3) is 3.64. The van der Waals surface area contributed by atoms with E-state index in [0.717, 1.165) is 20.7 Å². The van der Waals surface area contributed by atoms with Crippen LogP contribution in [-0.4, -0.2) is 18.1 Å². The lowest BCUT2D eigenvalue weighted by Crippen LogP contribution is -2.01. The minimum atomic E-state index is -0.200. The van der Waals surface area contributed by atoms with E-state index in [1.54, 1.807) is 11.3 Å². The molecule has 0 saturated heterocycles. The zero-order chi connectivity index (χ0) is 13.8. The van der Waals surface area contributed by atoms with Gasteiger partial charge in [0.25, 0.3) is 0 Å². The van der Waals surface area contributed by atoms with Gasteiger partial charge < -0.3 is 4.74 Å². The van der Waals surface area contributed by atoms with Crippen LogP contribution in [0.2, 0.25) is 0 Å². The Bertz CT molecular complexity index is 595. The van der Waals surface area contributed by atoms with Gasteiger partial charge in [-0.1, -0.05) is 22.0 Å². The summed E-state index contributed by atoms with van der Waals surface area (Å²) >= 11 is 5.06. The second kappa shape index (κ2) is 6.30. The number of thiazole rings is 1. The van der Waals surface area contributed by atoms with Gasteiger partial charge in [0.2, 0.25) is 0 Å². The monoisotopic (exact) mass is 339 g/mol. The quantitative estimate of drug-likeness (QED) is 0.790. The summed E-state index contributed by atoms with van der Waals surface area (Å²) in [4.78, 5) is 15.7. The lowest BCUT2D eigenvalue weighted by atomic mass is 10.1. The van der Waals surface area contributed by atoms with Gasteiger partial charge in [0.05, 0.1) is 19.2 Å². The number of carbonyl (C=O) groups excluding carboxylic acids is 1. The van der Waals surface area contributed by atoms with Crippen LogP contribution in [0, 0.1) is 6.92 Å². The molecule has 1 aromatic heterocycles. The standard InChI is InChI=1S/C14H14BrNO2S/c1-9-7-10(15)3-5-12(9)14-16-11(8-19-14)4-6-13(17)18-2/h3,5,7-8H,4,6H2,1-2H3. The Labute approximate surface area is 124 Å². The van der Waals surface area contributed by atoms with E-state index in [-0.39, 0.29) is 5.97 Å². The van der Waals surface area contributed by atoms with Gasteiger partial charge in [0, 0.05) is 21.8 Å². The summed E-state index contributed by atoms with van der Waals surface area (Å²) in [5, 5.41) is 2.99. The van der Waals surface area contributed by atoms with Crippen molar-refractivity contribution in [2.24, 2.45) is 0 Å². The molecule has 0 bridgehead atoms. The van der Waals surface area contributed by atoms with Crippen LogP contribution in [-0.2, 0) is 16.0 Å². The molecular formula is C14H14BrNO2S. The van der Waals surface area contributed by atoms with Crippen molar-refractivity contribution < 1.29 is 9.53 Å². The van der Waals surface area contributed by atoms with Gasteiger partial charge in [0.1, 0.15) is 5.01 Å². The number of aryl methyl sites for hydroxylation is 2. The Kier molecular flexibility index (Phi) is 4.71. The smallest absolute Gasteiger partial charge is 0.305 e. The fourth-order valence-corrected chi connectivity index (χ4v) is 3.16. The van der Waals surface area contributed by atoms with Crippen LogP contribution in [0.4, 0.5) is 0 Å². The zero-order valence-electron chi connectivity index (χ0n) is 10.8. The number of nitrogens with zero attached hydrogens (tertiary/aromatic N) is 1. The number of esters is 1. The molecule has 0 aliphatic rings. The van der Waals surface area contributed by atoms with Crippen molar-refractivity contribution in [1.82, 2.24) is 4.98 Å². The Morgan fingerprint density at radius 3 is 2.95 bits per heavy atom. The molecule has 2 rings (SSSR count). The number of ether oxygens (including phenoxy) is 1. The number of methoxy groups -OCH3 is 1. The largest absolute Gasteiger partial charge is 0.469 e. The maximum atomic E-state index is 11.1. The van der Waals surface area contributed by atoms with Crippen LogP contribution in [0.3, 0.4) is 0 Å². The Morgan fingerprint density at radius 1 is 1.47 bits per heavy atom. The van der Waals surface area contributed by atoms with Crippen molar-refractivity contribution in [3.8, 4) is 10.6 Å². The van der Waals surface area contributed by atoms with Crippen molar-refractivity contribution in [3.63, 3.8) is 0 Å². The second-order valence-electron chi connectivity index (χ2n) is 4.18. The lowest BCUT2D eigenvalue weighted by Gasteiger charge is -2.02. The van der Waals surface area contributed by atoms with Crippen LogP contribution >= 0.6 is 27.3 Å². The van der Waals surface area contributed by atoms with Crippen LogP contribution < -0.4 is 0 Å². The number of hydrogen-bond donors (Lipinski definition) is 0. The van der Waals surface area contributed by atoms with Crippen molar-refractivity contribution in [3.05, 3.63) is 39.3 Å². The lowest BCUT2D eigenvalue weighted by molar-refractivity contribution is -0.140. The molecule has 1 aromatic carbocycles. The summed E-state index contributed by atoms with van der Waals surface area (Å²) in [7, 11) is 1.40. The third-order valence-electron chi connectivity index (χ3n) is 2.78. The SMILES string of the molecule is COC(=O)CCc1csc(-c2ccc(Br)cc2C)n1. The predicted octanol–water partition coefficient (Wildman–Crippen LogP) is 3.99. The number of halogens is 1. The molecule has 0 radical (unpaired) electrons. The van der Waals surface area contributed by atoms with Gasteiger partial charge in [-0.2, -0.15) is 0 Å². The molecule has 0 amide bonds. The molecule has 0 fully saturated rings. The Hall–Kier alpha value is -1.20. The normalized spacial score (nSPS) is 10.5. The molecule has 0 N–H and O–H groups in total. The number of hydrogen-bond acceptors (Lipinski definition) is 4. The van der Waals surface area contributed by atoms with E-state index in [9.17, 15) is 4.79 Å². The molecule has 100 valence electrons. The minimum absolute atomic E-state index is 0.200. The maximum Gasteiger partial charge on any atom is 0.305 e. The molecule has 2 aromatic rings. The van der Waals surface area contributed by atoms with Gasteiger partial charge in [-0.3, -0.25) is 4.79 Å². The third-order valence-corrected chi connectivity index (χ3v) is 4.20. The first-order valence-corrected chi connectivity index (χ1v) is 7.55. The zero-order valence-corrected chi connectivity index (χ0v) is 13.2. The first-order valence-electron chi connectivity index (χ1n) is 5.88. The molecule has 0 spiro atoms. The van der Waals surface area contributed by atoms with E-state index >= 15 is 0 Å².